The number of halogens is 3. The van der Waals surface area contributed by atoms with Crippen molar-refractivity contribution in [2.24, 2.45) is 4.99 Å². The number of hydrogen-bond acceptors (Lipinski definition) is 4. The van der Waals surface area contributed by atoms with Gasteiger partial charge in [0, 0.05) is 18.2 Å². The van der Waals surface area contributed by atoms with Gasteiger partial charge in [-0.25, -0.2) is 0 Å². The molecule has 0 aromatic heterocycles. The summed E-state index contributed by atoms with van der Waals surface area (Å²) in [5, 5.41) is 2.86. The van der Waals surface area contributed by atoms with Crippen molar-refractivity contribution in [3.05, 3.63) is 41.7 Å². The molecule has 1 N–H and O–H groups in total. The smallest absolute Gasteiger partial charge is 0.341 e. The van der Waals surface area contributed by atoms with Crippen LogP contribution in [0.4, 0.5) is 18.9 Å². The van der Waals surface area contributed by atoms with Crippen LogP contribution in [0.15, 0.2) is 41.2 Å². The van der Waals surface area contributed by atoms with Gasteiger partial charge in [0.15, 0.2) is 0 Å². The number of ketones is 1. The van der Waals surface area contributed by atoms with E-state index in [4.69, 9.17) is 0 Å². The summed E-state index contributed by atoms with van der Waals surface area (Å²) in [4.78, 5) is 17.0. The monoisotopic (exact) mass is 281 g/mol. The van der Waals surface area contributed by atoms with E-state index in [1.165, 1.54) is 0 Å². The molecule has 104 valence electrons. The molecule has 0 unspecified atom stereocenters. The average molecular weight is 281 g/mol. The fourth-order valence-corrected chi connectivity index (χ4v) is 2.22. The summed E-state index contributed by atoms with van der Waals surface area (Å²) >= 11 is 0. The molecule has 0 radical (unpaired) electrons. The van der Waals surface area contributed by atoms with Crippen molar-refractivity contribution in [1.82, 2.24) is 4.90 Å². The third kappa shape index (κ3) is 2.04. The van der Waals surface area contributed by atoms with Crippen LogP contribution in [0, 0.1) is 0 Å². The molecule has 2 aliphatic rings. The van der Waals surface area contributed by atoms with Crippen LogP contribution >= 0.6 is 0 Å². The first-order valence-corrected chi connectivity index (χ1v) is 5.98. The van der Waals surface area contributed by atoms with Crippen LogP contribution in [0.2, 0.25) is 0 Å². The number of rotatable bonds is 1. The lowest BCUT2D eigenvalue weighted by molar-refractivity contribution is -0.165. The SMILES string of the molecule is O=C(C=C1Nc2ccccc2C2=NCCN12)C(F)(F)F. The Hall–Kier alpha value is -2.31. The minimum absolute atomic E-state index is 0.113. The second-order valence-electron chi connectivity index (χ2n) is 4.42. The lowest BCUT2D eigenvalue weighted by Crippen LogP contribution is -2.37. The van der Waals surface area contributed by atoms with Gasteiger partial charge in [0.25, 0.3) is 5.78 Å². The number of para-hydroxylation sites is 1. The quantitative estimate of drug-likeness (QED) is 0.802. The van der Waals surface area contributed by atoms with Crippen molar-refractivity contribution in [1.29, 1.82) is 0 Å². The molecule has 1 aromatic rings. The van der Waals surface area contributed by atoms with Crippen molar-refractivity contribution in [2.45, 2.75) is 6.18 Å². The zero-order chi connectivity index (χ0) is 14.3. The third-order valence-electron chi connectivity index (χ3n) is 3.11. The van der Waals surface area contributed by atoms with Gasteiger partial charge in [-0.3, -0.25) is 9.79 Å². The minimum Gasteiger partial charge on any atom is -0.341 e. The van der Waals surface area contributed by atoms with E-state index >= 15 is 0 Å². The van der Waals surface area contributed by atoms with Gasteiger partial charge in [-0.05, 0) is 12.1 Å². The minimum atomic E-state index is -4.87. The van der Waals surface area contributed by atoms with Gasteiger partial charge in [-0.2, -0.15) is 13.2 Å². The van der Waals surface area contributed by atoms with E-state index in [-0.39, 0.29) is 5.82 Å². The number of alkyl halides is 3. The highest BCUT2D eigenvalue weighted by atomic mass is 19.4. The van der Waals surface area contributed by atoms with Gasteiger partial charge >= 0.3 is 6.18 Å². The zero-order valence-corrected chi connectivity index (χ0v) is 10.2. The highest BCUT2D eigenvalue weighted by molar-refractivity contribution is 6.08. The molecule has 1 aromatic carbocycles. The number of aliphatic imine (C=N–C) groups is 1. The number of nitrogens with one attached hydrogen (secondary N) is 1. The summed E-state index contributed by atoms with van der Waals surface area (Å²) in [6.45, 7) is 0.941. The maximum Gasteiger partial charge on any atom is 0.454 e. The van der Waals surface area contributed by atoms with Gasteiger partial charge in [0.05, 0.1) is 12.2 Å². The predicted molar refractivity (Wildman–Crippen MR) is 67.3 cm³/mol. The van der Waals surface area contributed by atoms with Crippen LogP contribution in [0.25, 0.3) is 0 Å². The van der Waals surface area contributed by atoms with Crippen molar-refractivity contribution in [3.63, 3.8) is 0 Å². The molecule has 0 saturated carbocycles. The number of carbonyl (C=O) groups is 1. The molecule has 0 aliphatic carbocycles. The van der Waals surface area contributed by atoms with Crippen LogP contribution in [0.1, 0.15) is 5.56 Å². The molecule has 2 heterocycles. The molecule has 0 amide bonds. The summed E-state index contributed by atoms with van der Waals surface area (Å²) in [6, 6.07) is 7.16. The van der Waals surface area contributed by atoms with Crippen molar-refractivity contribution in [3.8, 4) is 0 Å². The predicted octanol–water partition coefficient (Wildman–Crippen LogP) is 2.15. The first kappa shape index (κ1) is 12.7. The number of nitrogens with zero attached hydrogens (tertiary/aromatic N) is 2. The van der Waals surface area contributed by atoms with Gasteiger partial charge in [-0.1, -0.05) is 12.1 Å². The zero-order valence-electron chi connectivity index (χ0n) is 10.2. The molecule has 20 heavy (non-hydrogen) atoms. The Bertz CT molecular complexity index is 634. The maximum atomic E-state index is 12.4. The Kier molecular flexibility index (Phi) is 2.77. The van der Waals surface area contributed by atoms with Gasteiger partial charge in [0.1, 0.15) is 11.7 Å². The second kappa shape index (κ2) is 4.36. The Balaban J connectivity index is 2.02. The standard InChI is InChI=1S/C13H10F3N3O/c14-13(15,16)10(20)7-11-18-9-4-2-1-3-8(9)12-17-5-6-19(11)12/h1-4,7,18H,5-6H2. The Labute approximate surface area is 112 Å². The number of hydrogen-bond donors (Lipinski definition) is 1. The lowest BCUT2D eigenvalue weighted by Gasteiger charge is -2.31. The van der Waals surface area contributed by atoms with Crippen LogP contribution < -0.4 is 5.32 Å². The number of fused-ring (bicyclic) bond motifs is 3. The summed E-state index contributed by atoms with van der Waals surface area (Å²) in [5.74, 6) is -1.17. The van der Waals surface area contributed by atoms with E-state index in [0.717, 1.165) is 5.56 Å². The Morgan fingerprint density at radius 3 is 2.85 bits per heavy atom. The molecule has 7 heteroatoms. The summed E-state index contributed by atoms with van der Waals surface area (Å²) in [7, 11) is 0. The van der Waals surface area contributed by atoms with Crippen molar-refractivity contribution in [2.75, 3.05) is 18.4 Å². The molecular weight excluding hydrogens is 271 g/mol. The van der Waals surface area contributed by atoms with Crippen LogP contribution in [0.5, 0.6) is 0 Å². The molecule has 0 spiro atoms. The van der Waals surface area contributed by atoms with E-state index in [2.05, 4.69) is 10.3 Å². The number of carbonyl (C=O) groups excluding carboxylic acids is 1. The van der Waals surface area contributed by atoms with Crippen LogP contribution in [-0.2, 0) is 4.79 Å². The summed E-state index contributed by atoms with van der Waals surface area (Å²) in [5.41, 5.74) is 1.47. The molecule has 3 rings (SSSR count). The first-order chi connectivity index (χ1) is 9.47. The molecule has 0 saturated heterocycles. The van der Waals surface area contributed by atoms with E-state index in [0.29, 0.717) is 30.7 Å². The van der Waals surface area contributed by atoms with E-state index in [1.807, 2.05) is 12.1 Å². The van der Waals surface area contributed by atoms with Crippen LogP contribution in [0.3, 0.4) is 0 Å². The lowest BCUT2D eigenvalue weighted by atomic mass is 10.1. The van der Waals surface area contributed by atoms with Gasteiger partial charge < -0.3 is 10.2 Å². The van der Waals surface area contributed by atoms with Crippen molar-refractivity contribution < 1.29 is 18.0 Å². The number of amidine groups is 1. The van der Waals surface area contributed by atoms with Crippen LogP contribution in [-0.4, -0.2) is 35.8 Å². The number of anilines is 1. The summed E-state index contributed by atoms with van der Waals surface area (Å²) in [6.07, 6.45) is -4.29. The highest BCUT2D eigenvalue weighted by Crippen LogP contribution is 2.30. The van der Waals surface area contributed by atoms with E-state index in [9.17, 15) is 18.0 Å². The molecular formula is C13H10F3N3O. The van der Waals surface area contributed by atoms with E-state index < -0.39 is 12.0 Å². The molecule has 2 aliphatic heterocycles. The average Bonchev–Trinajstić information content (AvgIpc) is 2.87. The topological polar surface area (TPSA) is 44.7 Å². The van der Waals surface area contributed by atoms with Gasteiger partial charge in [0.2, 0.25) is 0 Å². The highest BCUT2D eigenvalue weighted by Gasteiger charge is 2.38. The number of allylic oxidation sites excluding steroid dienone is 1. The fourth-order valence-electron chi connectivity index (χ4n) is 2.22. The number of benzene rings is 1. The van der Waals surface area contributed by atoms with Crippen molar-refractivity contribution >= 4 is 17.3 Å². The fraction of sp³-hybridized carbons (Fsp3) is 0.231. The summed E-state index contributed by atoms with van der Waals surface area (Å²) < 4.78 is 37.1. The molecule has 0 atom stereocenters. The maximum absolute atomic E-state index is 12.4. The second-order valence-corrected chi connectivity index (χ2v) is 4.42. The molecule has 0 fully saturated rings. The Morgan fingerprint density at radius 2 is 2.10 bits per heavy atom. The van der Waals surface area contributed by atoms with Gasteiger partial charge in [-0.15, -0.1) is 0 Å². The largest absolute Gasteiger partial charge is 0.454 e. The molecule has 0 bridgehead atoms. The van der Waals surface area contributed by atoms with E-state index in [1.54, 1.807) is 17.0 Å². The Morgan fingerprint density at radius 1 is 1.35 bits per heavy atom. The molecule has 4 nitrogen and oxygen atoms in total. The first-order valence-electron chi connectivity index (χ1n) is 5.98. The third-order valence-corrected chi connectivity index (χ3v) is 3.11. The normalized spacial score (nSPS) is 19.2.